The molecule has 33 heavy (non-hydrogen) atoms. The van der Waals surface area contributed by atoms with E-state index in [0.717, 1.165) is 47.0 Å². The summed E-state index contributed by atoms with van der Waals surface area (Å²) in [6, 6.07) is 7.66. The van der Waals surface area contributed by atoms with Gasteiger partial charge in [-0.25, -0.2) is 18.9 Å². The molecule has 1 atom stereocenters. The van der Waals surface area contributed by atoms with E-state index in [1.807, 2.05) is 29.6 Å². The number of aliphatic hydroxyl groups is 1. The summed E-state index contributed by atoms with van der Waals surface area (Å²) in [4.78, 5) is 14.3. The van der Waals surface area contributed by atoms with E-state index in [1.54, 1.807) is 25.5 Å². The van der Waals surface area contributed by atoms with Gasteiger partial charge >= 0.3 is 0 Å². The molecule has 1 unspecified atom stereocenters. The smallest absolute Gasteiger partial charge is 0.163 e. The summed E-state index contributed by atoms with van der Waals surface area (Å²) in [5.74, 6) is 0.806. The number of halogens is 1. The molecule has 1 aliphatic heterocycles. The zero-order valence-electron chi connectivity index (χ0n) is 18.8. The van der Waals surface area contributed by atoms with E-state index in [9.17, 15) is 9.50 Å². The molecule has 1 aromatic carbocycles. The van der Waals surface area contributed by atoms with Crippen LogP contribution in [0.2, 0.25) is 0 Å². The molecule has 2 N–H and O–H groups in total. The quantitative estimate of drug-likeness (QED) is 0.468. The van der Waals surface area contributed by atoms with Gasteiger partial charge in [0.25, 0.3) is 0 Å². The van der Waals surface area contributed by atoms with E-state index in [-0.39, 0.29) is 0 Å². The van der Waals surface area contributed by atoms with E-state index in [2.05, 4.69) is 14.9 Å². The summed E-state index contributed by atoms with van der Waals surface area (Å²) < 4.78 is 20.8. The number of aromatic nitrogens is 5. The first kappa shape index (κ1) is 21.5. The van der Waals surface area contributed by atoms with Gasteiger partial charge in [-0.05, 0) is 36.6 Å². The Hall–Kier alpha value is -3.30. The maximum absolute atomic E-state index is 13.5. The minimum absolute atomic E-state index is 0.475. The van der Waals surface area contributed by atoms with Crippen LogP contribution in [0.15, 0.2) is 36.8 Å². The Balaban J connectivity index is 1.72. The number of imidazole rings is 2. The number of benzene rings is 1. The van der Waals surface area contributed by atoms with E-state index in [0.29, 0.717) is 36.5 Å². The lowest BCUT2D eigenvalue weighted by molar-refractivity contribution is 0.122. The predicted molar refractivity (Wildman–Crippen MR) is 123 cm³/mol. The zero-order valence-corrected chi connectivity index (χ0v) is 18.8. The topological polar surface area (TPSA) is 91.6 Å². The van der Waals surface area contributed by atoms with Crippen molar-refractivity contribution in [1.29, 1.82) is 0 Å². The number of hydrogen-bond donors (Lipinski definition) is 2. The lowest BCUT2D eigenvalue weighted by atomic mass is 9.98. The van der Waals surface area contributed by atoms with Gasteiger partial charge in [0.1, 0.15) is 6.67 Å². The van der Waals surface area contributed by atoms with Crippen molar-refractivity contribution in [3.05, 3.63) is 64.9 Å². The number of aromatic amines is 1. The summed E-state index contributed by atoms with van der Waals surface area (Å²) in [6.07, 6.45) is 3.08. The monoisotopic (exact) mass is 450 g/mol. The number of H-pyrrole nitrogens is 1. The maximum atomic E-state index is 13.5. The fraction of sp³-hybridized carbons (Fsp3) is 0.375. The van der Waals surface area contributed by atoms with Crippen molar-refractivity contribution in [3.8, 4) is 11.3 Å². The Kier molecular flexibility index (Phi) is 5.82. The van der Waals surface area contributed by atoms with Gasteiger partial charge in [0, 0.05) is 25.1 Å². The number of nitrogens with one attached hydrogen (secondary N) is 1. The molecule has 1 saturated heterocycles. The second-order valence-electron chi connectivity index (χ2n) is 8.35. The Morgan fingerprint density at radius 2 is 2.03 bits per heavy atom. The molecule has 172 valence electrons. The lowest BCUT2D eigenvalue weighted by Gasteiger charge is -2.28. The van der Waals surface area contributed by atoms with Crippen LogP contribution < -0.4 is 4.90 Å². The van der Waals surface area contributed by atoms with E-state index < -0.39 is 12.8 Å². The molecule has 0 bridgehead atoms. The second-order valence-corrected chi connectivity index (χ2v) is 8.35. The van der Waals surface area contributed by atoms with Crippen molar-refractivity contribution in [2.45, 2.75) is 33.0 Å². The van der Waals surface area contributed by atoms with Crippen molar-refractivity contribution in [3.63, 3.8) is 0 Å². The van der Waals surface area contributed by atoms with E-state index >= 15 is 0 Å². The summed E-state index contributed by atoms with van der Waals surface area (Å²) in [5.41, 5.74) is 6.22. The molecule has 9 heteroatoms. The average Bonchev–Trinajstić information content (AvgIpc) is 3.49. The van der Waals surface area contributed by atoms with Crippen molar-refractivity contribution in [2.24, 2.45) is 0 Å². The standard InChI is InChI=1S/C24H27FN6O2/c1-15-17(4-3-5-18(15)12-25)10-21-23(16(2)32)28-24-19(20-13-26-14-27-20)11-22(29-31(21)24)30-6-8-33-9-7-30/h3-5,11,13-14,16,32H,6-10,12H2,1-2H3,(H,26,27). The van der Waals surface area contributed by atoms with Crippen molar-refractivity contribution in [2.75, 3.05) is 31.2 Å². The Morgan fingerprint density at radius 3 is 2.73 bits per heavy atom. The molecule has 0 radical (unpaired) electrons. The van der Waals surface area contributed by atoms with E-state index in [1.165, 1.54) is 0 Å². The highest BCUT2D eigenvalue weighted by Gasteiger charge is 2.24. The number of nitrogens with zero attached hydrogens (tertiary/aromatic N) is 5. The van der Waals surface area contributed by atoms with Gasteiger partial charge < -0.3 is 19.7 Å². The Morgan fingerprint density at radius 1 is 1.24 bits per heavy atom. The largest absolute Gasteiger partial charge is 0.387 e. The first-order valence-corrected chi connectivity index (χ1v) is 11.1. The van der Waals surface area contributed by atoms with Crippen LogP contribution in [0.5, 0.6) is 0 Å². The number of morpholine rings is 1. The van der Waals surface area contributed by atoms with Crippen LogP contribution in [0, 0.1) is 6.92 Å². The molecule has 3 aromatic heterocycles. The van der Waals surface area contributed by atoms with E-state index in [4.69, 9.17) is 14.8 Å². The van der Waals surface area contributed by atoms with Gasteiger partial charge in [0.2, 0.25) is 0 Å². The normalized spacial score (nSPS) is 15.3. The average molecular weight is 451 g/mol. The molecule has 4 heterocycles. The molecular weight excluding hydrogens is 423 g/mol. The second kappa shape index (κ2) is 8.92. The molecule has 0 saturated carbocycles. The third kappa shape index (κ3) is 3.98. The molecule has 1 aliphatic rings. The maximum Gasteiger partial charge on any atom is 0.163 e. The predicted octanol–water partition coefficient (Wildman–Crippen LogP) is 3.38. The molecule has 1 fully saturated rings. The first-order valence-electron chi connectivity index (χ1n) is 11.1. The summed E-state index contributed by atoms with van der Waals surface area (Å²) in [7, 11) is 0. The summed E-state index contributed by atoms with van der Waals surface area (Å²) in [6.45, 7) is 5.89. The number of alkyl halides is 1. The number of hydrogen-bond acceptors (Lipinski definition) is 6. The molecule has 5 rings (SSSR count). The van der Waals surface area contributed by atoms with Gasteiger partial charge in [-0.15, -0.1) is 5.10 Å². The first-order chi connectivity index (χ1) is 16.1. The molecule has 8 nitrogen and oxygen atoms in total. The summed E-state index contributed by atoms with van der Waals surface area (Å²) in [5, 5.41) is 15.5. The zero-order chi connectivity index (χ0) is 22.9. The van der Waals surface area contributed by atoms with Gasteiger partial charge in [-0.2, -0.15) is 0 Å². The molecule has 0 amide bonds. The van der Waals surface area contributed by atoms with Gasteiger partial charge in [-0.3, -0.25) is 0 Å². The van der Waals surface area contributed by atoms with Crippen LogP contribution in [0.3, 0.4) is 0 Å². The molecule has 0 spiro atoms. The minimum Gasteiger partial charge on any atom is -0.387 e. The lowest BCUT2D eigenvalue weighted by Crippen LogP contribution is -2.37. The van der Waals surface area contributed by atoms with Crippen LogP contribution in [-0.2, 0) is 17.8 Å². The fourth-order valence-electron chi connectivity index (χ4n) is 4.37. The van der Waals surface area contributed by atoms with Gasteiger partial charge in [-0.1, -0.05) is 18.2 Å². The highest BCUT2D eigenvalue weighted by molar-refractivity contribution is 5.77. The van der Waals surface area contributed by atoms with Crippen LogP contribution in [0.4, 0.5) is 10.2 Å². The van der Waals surface area contributed by atoms with Crippen molar-refractivity contribution >= 4 is 11.5 Å². The van der Waals surface area contributed by atoms with Gasteiger partial charge in [0.15, 0.2) is 11.5 Å². The number of aliphatic hydroxyl groups excluding tert-OH is 1. The third-order valence-electron chi connectivity index (χ3n) is 6.27. The number of ether oxygens (including phenoxy) is 1. The Labute approximate surface area is 191 Å². The van der Waals surface area contributed by atoms with Crippen LogP contribution in [0.25, 0.3) is 16.9 Å². The Bertz CT molecular complexity index is 1260. The molecule has 4 aromatic rings. The summed E-state index contributed by atoms with van der Waals surface area (Å²) >= 11 is 0. The minimum atomic E-state index is -0.784. The number of anilines is 1. The van der Waals surface area contributed by atoms with Crippen LogP contribution in [0.1, 0.15) is 41.1 Å². The fourth-order valence-corrected chi connectivity index (χ4v) is 4.37. The third-order valence-corrected chi connectivity index (χ3v) is 6.27. The SMILES string of the molecule is Cc1c(CF)cccc1Cc1c(C(C)O)nc2c(-c3cnc[nH]3)cc(N3CCOCC3)nn12. The number of rotatable bonds is 6. The number of fused-ring (bicyclic) bond motifs is 1. The highest BCUT2D eigenvalue weighted by atomic mass is 19.1. The van der Waals surface area contributed by atoms with Crippen molar-refractivity contribution < 1.29 is 14.2 Å². The molecular formula is C24H27FN6O2. The van der Waals surface area contributed by atoms with Gasteiger partial charge in [0.05, 0.1) is 48.9 Å². The van der Waals surface area contributed by atoms with Crippen molar-refractivity contribution in [1.82, 2.24) is 24.6 Å². The highest BCUT2D eigenvalue weighted by Crippen LogP contribution is 2.31. The van der Waals surface area contributed by atoms with Crippen LogP contribution >= 0.6 is 0 Å². The molecule has 0 aliphatic carbocycles. The van der Waals surface area contributed by atoms with Crippen LogP contribution in [-0.4, -0.2) is 56.0 Å².